The summed E-state index contributed by atoms with van der Waals surface area (Å²) in [7, 11) is 0. The zero-order valence-corrected chi connectivity index (χ0v) is 13.8. The highest BCUT2D eigenvalue weighted by Gasteiger charge is 2.19. The molecule has 1 aliphatic rings. The zero-order chi connectivity index (χ0) is 13.7. The monoisotopic (exact) mass is 346 g/mol. The van der Waals surface area contributed by atoms with E-state index < -0.39 is 0 Å². The van der Waals surface area contributed by atoms with Crippen LogP contribution in [0.15, 0.2) is 15.9 Å². The Morgan fingerprint density at radius 3 is 2.79 bits per heavy atom. The molecule has 0 unspecified atom stereocenters. The van der Waals surface area contributed by atoms with E-state index >= 15 is 0 Å². The molecule has 2 N–H and O–H groups in total. The van der Waals surface area contributed by atoms with Gasteiger partial charge >= 0.3 is 0 Å². The lowest BCUT2D eigenvalue weighted by atomic mass is 9.96. The van der Waals surface area contributed by atoms with Gasteiger partial charge in [-0.2, -0.15) is 0 Å². The third kappa shape index (κ3) is 5.52. The van der Waals surface area contributed by atoms with E-state index in [1.807, 2.05) is 6.92 Å². The molecule has 0 bridgehead atoms. The van der Waals surface area contributed by atoms with E-state index in [4.69, 9.17) is 0 Å². The molecule has 0 saturated carbocycles. The molecule has 0 aromatic carbocycles. The third-order valence-corrected chi connectivity index (χ3v) is 5.21. The fourth-order valence-corrected chi connectivity index (χ4v) is 4.05. The fraction of sp³-hybridized carbons (Fsp3) is 0.714. The Morgan fingerprint density at radius 1 is 1.47 bits per heavy atom. The van der Waals surface area contributed by atoms with Crippen LogP contribution < -0.4 is 5.32 Å². The molecule has 1 aromatic rings. The molecule has 2 heterocycles. The third-order valence-electron chi connectivity index (χ3n) is 3.59. The lowest BCUT2D eigenvalue weighted by molar-refractivity contribution is 0.0998. The molecular weight excluding hydrogens is 324 g/mol. The standard InChI is InChI=1S/C14H23BrN2OS/c1-11(18)10-17-6-4-12(5-7-17)8-16-9-13-2-3-14(15)19-13/h2-3,11-12,16,18H,4-10H2,1H3/t11-/m1/s1. The van der Waals surface area contributed by atoms with Crippen LogP contribution in [0.2, 0.25) is 0 Å². The number of β-amino-alcohol motifs (C(OH)–C–C–N with tert-alkyl or cyclic N) is 1. The van der Waals surface area contributed by atoms with Gasteiger partial charge in [-0.15, -0.1) is 11.3 Å². The van der Waals surface area contributed by atoms with Gasteiger partial charge in [-0.05, 0) is 73.4 Å². The van der Waals surface area contributed by atoms with Gasteiger partial charge in [0.1, 0.15) is 0 Å². The predicted molar refractivity (Wildman–Crippen MR) is 84.6 cm³/mol. The minimum absolute atomic E-state index is 0.202. The minimum atomic E-state index is -0.202. The van der Waals surface area contributed by atoms with Crippen LogP contribution in [0.3, 0.4) is 0 Å². The fourth-order valence-electron chi connectivity index (χ4n) is 2.59. The summed E-state index contributed by atoms with van der Waals surface area (Å²) in [6.07, 6.45) is 2.29. The SMILES string of the molecule is C[C@@H](O)CN1CCC(CNCc2ccc(Br)s2)CC1. The van der Waals surface area contributed by atoms with Gasteiger partial charge in [0.15, 0.2) is 0 Å². The molecule has 1 aliphatic heterocycles. The molecule has 0 spiro atoms. The van der Waals surface area contributed by atoms with Crippen LogP contribution in [-0.4, -0.2) is 42.3 Å². The minimum Gasteiger partial charge on any atom is -0.392 e. The van der Waals surface area contributed by atoms with Crippen LogP contribution in [0.5, 0.6) is 0 Å². The average molecular weight is 347 g/mol. The quantitative estimate of drug-likeness (QED) is 0.831. The maximum Gasteiger partial charge on any atom is 0.0701 e. The molecular formula is C14H23BrN2OS. The number of aliphatic hydroxyl groups is 1. The van der Waals surface area contributed by atoms with Crippen LogP contribution in [0.25, 0.3) is 0 Å². The van der Waals surface area contributed by atoms with Gasteiger partial charge in [-0.1, -0.05) is 0 Å². The molecule has 0 radical (unpaired) electrons. The predicted octanol–water partition coefficient (Wildman–Crippen LogP) is 2.69. The largest absolute Gasteiger partial charge is 0.392 e. The van der Waals surface area contributed by atoms with Crippen LogP contribution in [-0.2, 0) is 6.54 Å². The van der Waals surface area contributed by atoms with Crippen LogP contribution in [0.4, 0.5) is 0 Å². The topological polar surface area (TPSA) is 35.5 Å². The molecule has 1 fully saturated rings. The molecule has 2 rings (SSSR count). The molecule has 1 aromatic heterocycles. The van der Waals surface area contributed by atoms with Crippen LogP contribution >= 0.6 is 27.3 Å². The van der Waals surface area contributed by atoms with Crippen molar-refractivity contribution in [3.63, 3.8) is 0 Å². The number of hydrogen-bond donors (Lipinski definition) is 2. The Bertz CT molecular complexity index is 375. The number of likely N-dealkylation sites (tertiary alicyclic amines) is 1. The number of nitrogens with zero attached hydrogens (tertiary/aromatic N) is 1. The van der Waals surface area contributed by atoms with Crippen LogP contribution in [0.1, 0.15) is 24.6 Å². The molecule has 1 saturated heterocycles. The maximum atomic E-state index is 9.38. The number of halogens is 1. The molecule has 0 amide bonds. The smallest absolute Gasteiger partial charge is 0.0701 e. The van der Waals surface area contributed by atoms with Crippen molar-refractivity contribution in [2.75, 3.05) is 26.2 Å². The summed E-state index contributed by atoms with van der Waals surface area (Å²) in [5.41, 5.74) is 0. The van der Waals surface area contributed by atoms with E-state index in [9.17, 15) is 5.11 Å². The van der Waals surface area contributed by atoms with Crippen molar-refractivity contribution >= 4 is 27.3 Å². The number of hydrogen-bond acceptors (Lipinski definition) is 4. The summed E-state index contributed by atoms with van der Waals surface area (Å²) in [5, 5.41) is 12.9. The highest BCUT2D eigenvalue weighted by molar-refractivity contribution is 9.11. The van der Waals surface area contributed by atoms with Crippen molar-refractivity contribution in [3.05, 3.63) is 20.8 Å². The normalized spacial score (nSPS) is 19.7. The van der Waals surface area contributed by atoms with Crippen molar-refractivity contribution in [3.8, 4) is 0 Å². The Morgan fingerprint density at radius 2 is 2.21 bits per heavy atom. The Labute approximate surface area is 128 Å². The van der Waals surface area contributed by atoms with E-state index in [1.54, 1.807) is 11.3 Å². The number of rotatable bonds is 6. The molecule has 108 valence electrons. The average Bonchev–Trinajstić information content (AvgIpc) is 2.77. The van der Waals surface area contributed by atoms with E-state index in [1.165, 1.54) is 21.5 Å². The second-order valence-corrected chi connectivity index (χ2v) is 7.98. The lowest BCUT2D eigenvalue weighted by Crippen LogP contribution is -2.40. The van der Waals surface area contributed by atoms with Gasteiger partial charge < -0.3 is 15.3 Å². The highest BCUT2D eigenvalue weighted by atomic mass is 79.9. The van der Waals surface area contributed by atoms with Crippen molar-refractivity contribution in [1.29, 1.82) is 0 Å². The summed E-state index contributed by atoms with van der Waals surface area (Å²) in [4.78, 5) is 3.76. The Balaban J connectivity index is 1.60. The van der Waals surface area contributed by atoms with E-state index in [0.717, 1.165) is 38.6 Å². The van der Waals surface area contributed by atoms with Crippen molar-refractivity contribution < 1.29 is 5.11 Å². The van der Waals surface area contributed by atoms with E-state index in [-0.39, 0.29) is 6.10 Å². The molecule has 19 heavy (non-hydrogen) atoms. The van der Waals surface area contributed by atoms with Crippen molar-refractivity contribution in [2.45, 2.75) is 32.4 Å². The summed E-state index contributed by atoms with van der Waals surface area (Å²) < 4.78 is 1.20. The van der Waals surface area contributed by atoms with Crippen molar-refractivity contribution in [1.82, 2.24) is 10.2 Å². The molecule has 0 aliphatic carbocycles. The Hall–Kier alpha value is 0.0600. The first-order valence-electron chi connectivity index (χ1n) is 6.99. The van der Waals surface area contributed by atoms with Gasteiger partial charge in [0.25, 0.3) is 0 Å². The summed E-state index contributed by atoms with van der Waals surface area (Å²) >= 11 is 5.29. The number of thiophene rings is 1. The summed E-state index contributed by atoms with van der Waals surface area (Å²) in [6.45, 7) is 7.03. The molecule has 3 nitrogen and oxygen atoms in total. The zero-order valence-electron chi connectivity index (χ0n) is 11.4. The highest BCUT2D eigenvalue weighted by Crippen LogP contribution is 2.22. The first kappa shape index (κ1) is 15.4. The lowest BCUT2D eigenvalue weighted by Gasteiger charge is -2.32. The number of piperidine rings is 1. The van der Waals surface area contributed by atoms with Gasteiger partial charge in [-0.25, -0.2) is 0 Å². The van der Waals surface area contributed by atoms with E-state index in [0.29, 0.717) is 0 Å². The molecule has 5 heteroatoms. The van der Waals surface area contributed by atoms with Gasteiger partial charge in [0.05, 0.1) is 9.89 Å². The second-order valence-electron chi connectivity index (χ2n) is 5.43. The summed E-state index contributed by atoms with van der Waals surface area (Å²) in [6, 6.07) is 4.28. The van der Waals surface area contributed by atoms with Crippen molar-refractivity contribution in [2.24, 2.45) is 5.92 Å². The summed E-state index contributed by atoms with van der Waals surface area (Å²) in [5.74, 6) is 0.786. The van der Waals surface area contributed by atoms with Crippen LogP contribution in [0, 0.1) is 5.92 Å². The van der Waals surface area contributed by atoms with Gasteiger partial charge in [0.2, 0.25) is 0 Å². The number of aliphatic hydroxyl groups excluding tert-OH is 1. The first-order valence-corrected chi connectivity index (χ1v) is 8.60. The second kappa shape index (κ2) is 7.74. The van der Waals surface area contributed by atoms with Gasteiger partial charge in [-0.3, -0.25) is 0 Å². The Kier molecular flexibility index (Phi) is 6.29. The van der Waals surface area contributed by atoms with Gasteiger partial charge in [0, 0.05) is 18.0 Å². The number of nitrogens with one attached hydrogen (secondary N) is 1. The van der Waals surface area contributed by atoms with E-state index in [2.05, 4.69) is 38.3 Å². The maximum absolute atomic E-state index is 9.38. The molecule has 1 atom stereocenters. The first-order chi connectivity index (χ1) is 9.13.